The number of amides is 1. The summed E-state index contributed by atoms with van der Waals surface area (Å²) >= 11 is 0. The number of carbonyl (C=O) groups is 1. The van der Waals surface area contributed by atoms with Crippen molar-refractivity contribution in [3.8, 4) is 0 Å². The number of hydrogen-bond acceptors (Lipinski definition) is 6. The first kappa shape index (κ1) is 15.3. The van der Waals surface area contributed by atoms with Crippen LogP contribution in [0.15, 0.2) is 18.5 Å². The Kier molecular flexibility index (Phi) is 3.87. The maximum absolute atomic E-state index is 12.4. The van der Waals surface area contributed by atoms with E-state index in [0.717, 1.165) is 6.26 Å². The number of likely N-dealkylation sites (tertiary alicyclic amines) is 1. The summed E-state index contributed by atoms with van der Waals surface area (Å²) in [6.07, 6.45) is 4.19. The summed E-state index contributed by atoms with van der Waals surface area (Å²) < 4.78 is 30.8. The predicted molar refractivity (Wildman–Crippen MR) is 77.5 cm³/mol. The number of rotatable bonds is 4. The van der Waals surface area contributed by atoms with Crippen LogP contribution in [-0.2, 0) is 14.8 Å². The van der Waals surface area contributed by atoms with Crippen LogP contribution in [0.3, 0.4) is 0 Å². The van der Waals surface area contributed by atoms with E-state index in [0.29, 0.717) is 26.3 Å². The molecule has 1 amide bonds. The fourth-order valence-electron chi connectivity index (χ4n) is 3.06. The van der Waals surface area contributed by atoms with E-state index in [4.69, 9.17) is 4.74 Å². The van der Waals surface area contributed by atoms with Gasteiger partial charge in [0.05, 0.1) is 19.5 Å². The van der Waals surface area contributed by atoms with Crippen LogP contribution in [0.1, 0.15) is 10.6 Å². The lowest BCUT2D eigenvalue weighted by Crippen LogP contribution is -2.43. The van der Waals surface area contributed by atoms with Crippen molar-refractivity contribution in [3.63, 3.8) is 0 Å². The van der Waals surface area contributed by atoms with Gasteiger partial charge < -0.3 is 9.64 Å². The van der Waals surface area contributed by atoms with Crippen molar-refractivity contribution in [1.82, 2.24) is 19.6 Å². The summed E-state index contributed by atoms with van der Waals surface area (Å²) in [4.78, 5) is 22.1. The smallest absolute Gasteiger partial charge is 0.291 e. The molecule has 1 aromatic heterocycles. The number of hydrogen-bond donors (Lipinski definition) is 1. The molecule has 120 valence electrons. The Labute approximate surface area is 128 Å². The minimum absolute atomic E-state index is 0.120. The van der Waals surface area contributed by atoms with Crippen molar-refractivity contribution in [1.29, 1.82) is 0 Å². The second kappa shape index (κ2) is 5.56. The Morgan fingerprint density at radius 3 is 2.91 bits per heavy atom. The molecule has 2 aliphatic rings. The number of fused-ring (bicyclic) bond motifs is 1. The molecule has 3 rings (SSSR count). The van der Waals surface area contributed by atoms with Crippen LogP contribution in [-0.4, -0.2) is 68.3 Å². The standard InChI is InChI=1S/C13H18N4O4S/c1-22(19,20)16-7-13-8-17(5-10(13)6-21-9-13)12(18)11-14-3-2-4-15-11/h2-4,10,16H,5-9H2,1H3/t10-,13+/m1/s1. The van der Waals surface area contributed by atoms with Gasteiger partial charge in [-0.05, 0) is 6.07 Å². The Morgan fingerprint density at radius 1 is 1.50 bits per heavy atom. The number of aromatic nitrogens is 2. The van der Waals surface area contributed by atoms with Gasteiger partial charge >= 0.3 is 0 Å². The van der Waals surface area contributed by atoms with Crippen LogP contribution in [0.25, 0.3) is 0 Å². The number of ether oxygens (including phenoxy) is 1. The molecule has 0 spiro atoms. The third-order valence-corrected chi connectivity index (χ3v) is 4.92. The molecular formula is C13H18N4O4S. The van der Waals surface area contributed by atoms with Crippen molar-refractivity contribution in [3.05, 3.63) is 24.3 Å². The van der Waals surface area contributed by atoms with Crippen molar-refractivity contribution < 1.29 is 17.9 Å². The van der Waals surface area contributed by atoms with Crippen molar-refractivity contribution in [2.75, 3.05) is 39.1 Å². The predicted octanol–water partition coefficient (Wildman–Crippen LogP) is -0.886. The number of carbonyl (C=O) groups excluding carboxylic acids is 1. The topological polar surface area (TPSA) is 101 Å². The quantitative estimate of drug-likeness (QED) is 0.770. The molecule has 0 saturated carbocycles. The zero-order valence-electron chi connectivity index (χ0n) is 12.2. The third-order valence-electron chi connectivity index (χ3n) is 4.25. The molecule has 0 aromatic carbocycles. The summed E-state index contributed by atoms with van der Waals surface area (Å²) in [6.45, 7) is 2.22. The number of nitrogens with zero attached hydrogens (tertiary/aromatic N) is 3. The number of sulfonamides is 1. The first-order valence-corrected chi connectivity index (χ1v) is 8.87. The van der Waals surface area contributed by atoms with E-state index in [1.165, 1.54) is 12.4 Å². The monoisotopic (exact) mass is 326 g/mol. The van der Waals surface area contributed by atoms with Crippen LogP contribution in [0, 0.1) is 11.3 Å². The van der Waals surface area contributed by atoms with Crippen LogP contribution in [0.2, 0.25) is 0 Å². The number of nitrogens with one attached hydrogen (secondary N) is 1. The zero-order valence-corrected chi connectivity index (χ0v) is 13.0. The summed E-state index contributed by atoms with van der Waals surface area (Å²) in [5.74, 6) is 0.0535. The summed E-state index contributed by atoms with van der Waals surface area (Å²) in [5.41, 5.74) is -0.368. The van der Waals surface area contributed by atoms with Gasteiger partial charge in [-0.3, -0.25) is 4.79 Å². The molecule has 9 heteroatoms. The van der Waals surface area contributed by atoms with Gasteiger partial charge in [0.1, 0.15) is 0 Å². The molecule has 2 fully saturated rings. The Morgan fingerprint density at radius 2 is 2.23 bits per heavy atom. The second-order valence-corrected chi connectivity index (χ2v) is 7.76. The molecule has 1 N–H and O–H groups in total. The van der Waals surface area contributed by atoms with Crippen LogP contribution in [0.5, 0.6) is 0 Å². The maximum Gasteiger partial charge on any atom is 0.291 e. The molecule has 2 aliphatic heterocycles. The summed E-state index contributed by atoms with van der Waals surface area (Å²) in [5, 5.41) is 0. The Bertz CT molecular complexity index is 666. The molecule has 3 heterocycles. The van der Waals surface area contributed by atoms with Gasteiger partial charge in [0.2, 0.25) is 15.8 Å². The molecule has 0 unspecified atom stereocenters. The first-order valence-electron chi connectivity index (χ1n) is 6.98. The largest absolute Gasteiger partial charge is 0.380 e. The molecule has 22 heavy (non-hydrogen) atoms. The minimum Gasteiger partial charge on any atom is -0.380 e. The van der Waals surface area contributed by atoms with E-state index in [2.05, 4.69) is 14.7 Å². The van der Waals surface area contributed by atoms with E-state index in [-0.39, 0.29) is 29.6 Å². The third kappa shape index (κ3) is 2.96. The molecule has 0 aliphatic carbocycles. The lowest BCUT2D eigenvalue weighted by atomic mass is 9.81. The van der Waals surface area contributed by atoms with Crippen molar-refractivity contribution in [2.24, 2.45) is 11.3 Å². The highest BCUT2D eigenvalue weighted by molar-refractivity contribution is 7.88. The maximum atomic E-state index is 12.4. The first-order chi connectivity index (χ1) is 10.4. The molecule has 8 nitrogen and oxygen atoms in total. The molecule has 2 atom stereocenters. The van der Waals surface area contributed by atoms with Crippen LogP contribution < -0.4 is 4.72 Å². The van der Waals surface area contributed by atoms with E-state index in [1.54, 1.807) is 11.0 Å². The van der Waals surface area contributed by atoms with Gasteiger partial charge in [-0.1, -0.05) is 0 Å². The average molecular weight is 326 g/mol. The lowest BCUT2D eigenvalue weighted by Gasteiger charge is -2.26. The van der Waals surface area contributed by atoms with Gasteiger partial charge in [0.15, 0.2) is 0 Å². The van der Waals surface area contributed by atoms with Gasteiger partial charge in [0.25, 0.3) is 5.91 Å². The van der Waals surface area contributed by atoms with Crippen LogP contribution in [0.4, 0.5) is 0 Å². The fraction of sp³-hybridized carbons (Fsp3) is 0.615. The SMILES string of the molecule is CS(=O)(=O)NC[C@]12COC[C@H]1CN(C(=O)c1ncccn1)C2. The lowest BCUT2D eigenvalue weighted by molar-refractivity contribution is 0.0710. The molecule has 0 bridgehead atoms. The van der Waals surface area contributed by atoms with Crippen molar-refractivity contribution >= 4 is 15.9 Å². The second-order valence-electron chi connectivity index (χ2n) is 5.93. The highest BCUT2D eigenvalue weighted by Crippen LogP contribution is 2.41. The zero-order chi connectivity index (χ0) is 15.8. The highest BCUT2D eigenvalue weighted by atomic mass is 32.2. The van der Waals surface area contributed by atoms with Crippen molar-refractivity contribution in [2.45, 2.75) is 0 Å². The fourth-order valence-corrected chi connectivity index (χ4v) is 3.61. The molecule has 2 saturated heterocycles. The normalized spacial score (nSPS) is 27.9. The Hall–Kier alpha value is -1.58. The molecule has 0 radical (unpaired) electrons. The van der Waals surface area contributed by atoms with Gasteiger partial charge in [-0.15, -0.1) is 0 Å². The highest BCUT2D eigenvalue weighted by Gasteiger charge is 2.52. The van der Waals surface area contributed by atoms with E-state index in [9.17, 15) is 13.2 Å². The van der Waals surface area contributed by atoms with Crippen LogP contribution >= 0.6 is 0 Å². The van der Waals surface area contributed by atoms with Gasteiger partial charge in [-0.2, -0.15) is 0 Å². The summed E-state index contributed by atoms with van der Waals surface area (Å²) in [6, 6.07) is 1.65. The van der Waals surface area contributed by atoms with Gasteiger partial charge in [-0.25, -0.2) is 23.1 Å². The Balaban J connectivity index is 1.75. The summed E-state index contributed by atoms with van der Waals surface area (Å²) in [7, 11) is -3.28. The molecular weight excluding hydrogens is 308 g/mol. The van der Waals surface area contributed by atoms with E-state index >= 15 is 0 Å². The van der Waals surface area contributed by atoms with E-state index in [1.807, 2.05) is 0 Å². The average Bonchev–Trinajstić information content (AvgIpc) is 3.02. The van der Waals surface area contributed by atoms with E-state index < -0.39 is 10.0 Å². The van der Waals surface area contributed by atoms with Gasteiger partial charge in [0, 0.05) is 43.4 Å². The minimum atomic E-state index is -3.28. The molecule has 1 aromatic rings.